The van der Waals surface area contributed by atoms with E-state index in [9.17, 15) is 9.59 Å². The summed E-state index contributed by atoms with van der Waals surface area (Å²) < 4.78 is 9.60. The molecule has 0 amide bonds. The fourth-order valence-corrected chi connectivity index (χ4v) is 0.863. The maximum atomic E-state index is 11.5. The van der Waals surface area contributed by atoms with Crippen LogP contribution in [-0.2, 0) is 19.1 Å². The Morgan fingerprint density at radius 1 is 1.27 bits per heavy atom. The van der Waals surface area contributed by atoms with Crippen molar-refractivity contribution < 1.29 is 19.1 Å². The molecule has 4 nitrogen and oxygen atoms in total. The van der Waals surface area contributed by atoms with E-state index in [1.165, 1.54) is 7.11 Å². The molecule has 0 N–H and O–H groups in total. The van der Waals surface area contributed by atoms with Crippen molar-refractivity contribution >= 4 is 11.9 Å². The molecular weight excluding hydrogens is 196 g/mol. The largest absolute Gasteiger partial charge is 0.469 e. The van der Waals surface area contributed by atoms with E-state index in [1.807, 2.05) is 0 Å². The second-order valence-corrected chi connectivity index (χ2v) is 4.07. The standard InChI is InChI=1S/C11H18O4/c1-6-8(7-9(12)14-5)10(13)15-11(2,3)4/h6H,7H2,1-5H3. The molecule has 0 fully saturated rings. The van der Waals surface area contributed by atoms with Crippen LogP contribution in [0.5, 0.6) is 0 Å². The van der Waals surface area contributed by atoms with Gasteiger partial charge >= 0.3 is 11.9 Å². The Hall–Kier alpha value is -1.32. The number of carbonyl (C=O) groups is 2. The summed E-state index contributed by atoms with van der Waals surface area (Å²) in [7, 11) is 1.28. The zero-order valence-corrected chi connectivity index (χ0v) is 9.92. The van der Waals surface area contributed by atoms with Gasteiger partial charge in [0.1, 0.15) is 5.60 Å². The number of hydrogen-bond donors (Lipinski definition) is 0. The van der Waals surface area contributed by atoms with Crippen molar-refractivity contribution in [3.63, 3.8) is 0 Å². The summed E-state index contributed by atoms with van der Waals surface area (Å²) in [5.74, 6) is -0.927. The van der Waals surface area contributed by atoms with Gasteiger partial charge in [0.25, 0.3) is 0 Å². The molecule has 0 rings (SSSR count). The molecular formula is C11H18O4. The van der Waals surface area contributed by atoms with Crippen LogP contribution in [0.15, 0.2) is 11.6 Å². The molecule has 86 valence electrons. The Kier molecular flexibility index (Phi) is 5.05. The fourth-order valence-electron chi connectivity index (χ4n) is 0.863. The predicted molar refractivity (Wildman–Crippen MR) is 56.2 cm³/mol. The fraction of sp³-hybridized carbons (Fsp3) is 0.636. The second-order valence-electron chi connectivity index (χ2n) is 4.07. The van der Waals surface area contributed by atoms with E-state index in [4.69, 9.17) is 4.74 Å². The summed E-state index contributed by atoms with van der Waals surface area (Å²) in [5, 5.41) is 0. The molecule has 0 aliphatic heterocycles. The molecule has 0 heterocycles. The van der Waals surface area contributed by atoms with Gasteiger partial charge in [-0.25, -0.2) is 4.79 Å². The van der Waals surface area contributed by atoms with Crippen LogP contribution in [0, 0.1) is 0 Å². The zero-order valence-electron chi connectivity index (χ0n) is 9.92. The molecule has 0 bridgehead atoms. The highest BCUT2D eigenvalue weighted by molar-refractivity contribution is 5.93. The maximum absolute atomic E-state index is 11.5. The van der Waals surface area contributed by atoms with E-state index >= 15 is 0 Å². The monoisotopic (exact) mass is 214 g/mol. The van der Waals surface area contributed by atoms with Crippen LogP contribution >= 0.6 is 0 Å². The Labute approximate surface area is 90.2 Å². The zero-order chi connectivity index (χ0) is 12.1. The molecule has 0 aliphatic carbocycles. The third kappa shape index (κ3) is 5.88. The first-order valence-electron chi connectivity index (χ1n) is 4.75. The van der Waals surface area contributed by atoms with E-state index < -0.39 is 17.5 Å². The van der Waals surface area contributed by atoms with Crippen LogP contribution in [0.3, 0.4) is 0 Å². The van der Waals surface area contributed by atoms with Crippen molar-refractivity contribution in [1.29, 1.82) is 0 Å². The lowest BCUT2D eigenvalue weighted by molar-refractivity contribution is -0.152. The average molecular weight is 214 g/mol. The molecule has 0 aromatic heterocycles. The van der Waals surface area contributed by atoms with Crippen LogP contribution in [-0.4, -0.2) is 24.6 Å². The van der Waals surface area contributed by atoms with Gasteiger partial charge in [0.2, 0.25) is 0 Å². The topological polar surface area (TPSA) is 52.6 Å². The van der Waals surface area contributed by atoms with Crippen molar-refractivity contribution in [2.45, 2.75) is 39.7 Å². The number of methoxy groups -OCH3 is 1. The lowest BCUT2D eigenvalue weighted by Crippen LogP contribution is -2.25. The van der Waals surface area contributed by atoms with E-state index in [2.05, 4.69) is 4.74 Å². The quantitative estimate of drug-likeness (QED) is 0.531. The van der Waals surface area contributed by atoms with E-state index in [0.29, 0.717) is 5.57 Å². The summed E-state index contributed by atoms with van der Waals surface area (Å²) in [5.41, 5.74) is -0.238. The molecule has 4 heteroatoms. The van der Waals surface area contributed by atoms with Crippen LogP contribution in [0.4, 0.5) is 0 Å². The first-order chi connectivity index (χ1) is 6.80. The lowest BCUT2D eigenvalue weighted by atomic mass is 10.1. The number of carbonyl (C=O) groups excluding carboxylic acids is 2. The van der Waals surface area contributed by atoms with Crippen molar-refractivity contribution in [3.8, 4) is 0 Å². The third-order valence-corrected chi connectivity index (χ3v) is 1.57. The molecule has 0 aromatic carbocycles. The molecule has 0 aliphatic rings. The maximum Gasteiger partial charge on any atom is 0.334 e. The Balaban J connectivity index is 4.45. The number of allylic oxidation sites excluding steroid dienone is 1. The van der Waals surface area contributed by atoms with Crippen molar-refractivity contribution in [3.05, 3.63) is 11.6 Å². The SMILES string of the molecule is CC=C(CC(=O)OC)C(=O)OC(C)(C)C. The van der Waals surface area contributed by atoms with Gasteiger partial charge in [-0.2, -0.15) is 0 Å². The highest BCUT2D eigenvalue weighted by atomic mass is 16.6. The van der Waals surface area contributed by atoms with E-state index in [-0.39, 0.29) is 6.42 Å². The first-order valence-corrected chi connectivity index (χ1v) is 4.75. The summed E-state index contributed by atoms with van der Waals surface area (Å²) in [6, 6.07) is 0. The summed E-state index contributed by atoms with van der Waals surface area (Å²) >= 11 is 0. The van der Waals surface area contributed by atoms with Gasteiger partial charge in [0, 0.05) is 5.57 Å². The van der Waals surface area contributed by atoms with Gasteiger partial charge in [-0.15, -0.1) is 0 Å². The molecule has 0 saturated heterocycles. The van der Waals surface area contributed by atoms with Gasteiger partial charge in [-0.05, 0) is 27.7 Å². The minimum Gasteiger partial charge on any atom is -0.469 e. The van der Waals surface area contributed by atoms with Crippen molar-refractivity contribution in [2.24, 2.45) is 0 Å². The Morgan fingerprint density at radius 3 is 2.13 bits per heavy atom. The number of esters is 2. The van der Waals surface area contributed by atoms with Gasteiger partial charge in [-0.3, -0.25) is 4.79 Å². The second kappa shape index (κ2) is 5.53. The van der Waals surface area contributed by atoms with Crippen LogP contribution < -0.4 is 0 Å². The number of rotatable bonds is 3. The van der Waals surface area contributed by atoms with Gasteiger partial charge in [0.15, 0.2) is 0 Å². The summed E-state index contributed by atoms with van der Waals surface area (Å²) in [4.78, 5) is 22.5. The summed E-state index contributed by atoms with van der Waals surface area (Å²) in [6.45, 7) is 7.01. The molecule has 0 saturated carbocycles. The minimum absolute atomic E-state index is 0.0537. The highest BCUT2D eigenvalue weighted by Crippen LogP contribution is 2.13. The van der Waals surface area contributed by atoms with Crippen LogP contribution in [0.1, 0.15) is 34.1 Å². The van der Waals surface area contributed by atoms with E-state index in [0.717, 1.165) is 0 Å². The normalized spacial score (nSPS) is 12.2. The molecule has 15 heavy (non-hydrogen) atoms. The molecule has 0 atom stereocenters. The van der Waals surface area contributed by atoms with Crippen molar-refractivity contribution in [1.82, 2.24) is 0 Å². The average Bonchev–Trinajstić information content (AvgIpc) is 2.10. The molecule has 0 spiro atoms. The lowest BCUT2D eigenvalue weighted by Gasteiger charge is -2.20. The minimum atomic E-state index is -0.554. The Bertz CT molecular complexity index is 271. The van der Waals surface area contributed by atoms with Crippen LogP contribution in [0.2, 0.25) is 0 Å². The third-order valence-electron chi connectivity index (χ3n) is 1.57. The first kappa shape index (κ1) is 13.7. The van der Waals surface area contributed by atoms with Crippen LogP contribution in [0.25, 0.3) is 0 Å². The molecule has 0 aromatic rings. The van der Waals surface area contributed by atoms with Crippen molar-refractivity contribution in [2.75, 3.05) is 7.11 Å². The van der Waals surface area contributed by atoms with Gasteiger partial charge in [0.05, 0.1) is 13.5 Å². The van der Waals surface area contributed by atoms with Gasteiger partial charge in [-0.1, -0.05) is 6.08 Å². The predicted octanol–water partition coefficient (Wildman–Crippen LogP) is 1.84. The highest BCUT2D eigenvalue weighted by Gasteiger charge is 2.21. The molecule has 0 radical (unpaired) electrons. The summed E-state index contributed by atoms with van der Waals surface area (Å²) in [6.07, 6.45) is 1.51. The Morgan fingerprint density at radius 2 is 1.80 bits per heavy atom. The number of ether oxygens (including phenoxy) is 2. The van der Waals surface area contributed by atoms with E-state index in [1.54, 1.807) is 33.8 Å². The number of hydrogen-bond acceptors (Lipinski definition) is 4. The molecule has 0 unspecified atom stereocenters. The smallest absolute Gasteiger partial charge is 0.334 e. The van der Waals surface area contributed by atoms with Gasteiger partial charge < -0.3 is 9.47 Å².